The fourth-order valence-corrected chi connectivity index (χ4v) is 11.9. The monoisotopic (exact) mass is 1840 g/mol. The minimum Gasteiger partial charge on any atom is -0.480 e. The van der Waals surface area contributed by atoms with Crippen LogP contribution < -0.4 is 44.6 Å². The molecule has 43 nitrogen and oxygen atoms in total. The number of rotatable bonds is 30. The molecule has 0 saturated carbocycles. The molecule has 4 aliphatic heterocycles. The number of fused-ring (bicyclic) bond motifs is 4. The predicted octanol–water partition coefficient (Wildman–Crippen LogP) is 7.82. The van der Waals surface area contributed by atoms with Crippen molar-refractivity contribution in [2.75, 3.05) is 78.0 Å². The Bertz CT molecular complexity index is 5230. The third-order valence-corrected chi connectivity index (χ3v) is 21.0. The maximum Gasteiger partial charge on any atom is 0.407 e. The fourth-order valence-electron chi connectivity index (χ4n) is 8.97. The highest BCUT2D eigenvalue weighted by atomic mass is 35.5. The number of H-pyrrole nitrogens is 2. The number of alkyl carbamates (subject to hydrolysis) is 2. The average molecular weight is 1850 g/mol. The molecule has 0 saturated heterocycles. The van der Waals surface area contributed by atoms with Gasteiger partial charge >= 0.3 is 83.8 Å². The van der Waals surface area contributed by atoms with Gasteiger partial charge in [0, 0.05) is 26.2 Å². The molecule has 0 bridgehead atoms. The van der Waals surface area contributed by atoms with E-state index in [0.29, 0.717) is 28.4 Å². The van der Waals surface area contributed by atoms with Crippen LogP contribution in [0.5, 0.6) is 0 Å². The number of esters is 4. The van der Waals surface area contributed by atoms with Crippen LogP contribution in [0.3, 0.4) is 0 Å². The van der Waals surface area contributed by atoms with Crippen LogP contribution in [0.15, 0.2) is 104 Å². The van der Waals surface area contributed by atoms with Crippen molar-refractivity contribution in [1.29, 1.82) is 0 Å². The summed E-state index contributed by atoms with van der Waals surface area (Å²) in [6.45, 7) is 25.0. The lowest BCUT2D eigenvalue weighted by atomic mass is 9.98. The number of halogens is 1. The Morgan fingerprint density at radius 1 is 0.460 bits per heavy atom. The molecule has 4 aromatic rings. The van der Waals surface area contributed by atoms with Crippen molar-refractivity contribution < 1.29 is 128 Å². The van der Waals surface area contributed by atoms with Gasteiger partial charge in [-0.15, -0.1) is 12.4 Å². The third kappa shape index (κ3) is 40.2. The second-order valence-corrected chi connectivity index (χ2v) is 38.6. The van der Waals surface area contributed by atoms with Crippen LogP contribution in [0.4, 0.5) is 9.59 Å². The van der Waals surface area contributed by atoms with Gasteiger partial charge in [-0.3, -0.25) is 79.9 Å². The van der Waals surface area contributed by atoms with Crippen LogP contribution >= 0.6 is 42.8 Å². The SMILES string of the molecule is CC(C)(C)C(=O)OCOP(=O)(CCN)OCOC(=O)C(C)(C)C.CC(C)(C)C(=O)OCOP(=O)(CCNC(=O)OCc1ccccc1)OCOC(=O)C(C)(C)C.Cc1cc2nc3c(=O)[nH]c(=O)nc-3n(CC(=O)O)c2cc1C.Cc1cc2nc3c(=O)[nH]c(=O)nc-3n(CC=O)c2cc1C.Cl.NCCP(=O)(O)O.O=C(NCCP(=O)(O)O)OCc1ccccc1. The van der Waals surface area contributed by atoms with E-state index in [1.165, 1.54) is 9.13 Å². The molecule has 2 amide bonds. The molecule has 0 unspecified atom stereocenters. The summed E-state index contributed by atoms with van der Waals surface area (Å²) in [5.41, 5.74) is 12.2. The molecule has 0 spiro atoms. The first-order valence-corrected chi connectivity index (χ1v) is 44.3. The number of nitrogens with zero attached hydrogens (tertiary/aromatic N) is 6. The van der Waals surface area contributed by atoms with Gasteiger partial charge in [0.25, 0.3) is 11.1 Å². The summed E-state index contributed by atoms with van der Waals surface area (Å²) in [6, 6.07) is 25.5. The summed E-state index contributed by atoms with van der Waals surface area (Å²) in [6.07, 6.45) is -1.69. The lowest BCUT2D eigenvalue weighted by Gasteiger charge is -2.22. The molecule has 0 aromatic heterocycles. The minimum atomic E-state index is -4.07. The van der Waals surface area contributed by atoms with Gasteiger partial charge in [0.05, 0.1) is 74.9 Å². The number of ether oxygens (including phenoxy) is 6. The molecule has 48 heteroatoms. The molecule has 0 radical (unpaired) electrons. The van der Waals surface area contributed by atoms with Crippen molar-refractivity contribution in [2.45, 2.75) is 137 Å². The standard InChI is InChI=1S/C22H34NO9P.C14H12N4O4.C14H12N4O3.C14H28NO7P.C10H14NO5P.C2H8NO3P.ClH/c1-21(2,3)18(24)29-15-31-33(27,32-16-30-19(25)22(4,5)6)13-12-23-20(26)28-14-17-10-8-7-9-11-17;1-6-3-8-9(4-7(6)2)18(5-10(19)20)12-11(15-8)13(21)17-14(22)16-12;1-7-5-9-10(6-8(7)2)18(3-4-19)12-11(15-9)13(20)17-14(21)16-12;1-13(2,3)11(16)19-9-21-23(18,8-7-15)22-10-20-12(17)14(4,5)6;12-10(11-6-7-17(13,14)15)16-8-9-4-2-1-3-5-9;3-1-2-7(4,5)6;/h7-11H,12-16H2,1-6H3,(H,23,26);3-4H,5H2,1-2H3,(H,19,20)(H,17,21,22);4-6H,3H2,1-2H3,(H,17,20,21);7-10,15H2,1-6H3;1-5H,6-8H2,(H,11,12)(H2,13,14,15);1-3H2,(H2,4,5,6);1H. The molecule has 0 atom stereocenters. The van der Waals surface area contributed by atoms with Crippen LogP contribution in [-0.4, -0.2) is 190 Å². The molecule has 0 fully saturated rings. The van der Waals surface area contributed by atoms with E-state index in [4.69, 9.17) is 82.7 Å². The second-order valence-electron chi connectivity index (χ2n) is 30.6. The molecule has 13 N–H and O–H groups in total. The van der Waals surface area contributed by atoms with Crippen LogP contribution in [0.25, 0.3) is 45.1 Å². The maximum absolute atomic E-state index is 13.0. The number of amides is 2. The molecular weight excluding hydrogens is 1740 g/mol. The fraction of sp³-hybridized carbons (Fsp3) is 0.474. The number of nitrogens with two attached hydrogens (primary N) is 2. The quantitative estimate of drug-likeness (QED) is 0.00510. The number of aliphatic carboxylic acids is 1. The van der Waals surface area contributed by atoms with Gasteiger partial charge in [0.15, 0.2) is 23.0 Å². The summed E-state index contributed by atoms with van der Waals surface area (Å²) >= 11 is 0. The molecule has 4 heterocycles. The van der Waals surface area contributed by atoms with E-state index in [9.17, 15) is 75.8 Å². The third-order valence-electron chi connectivity index (χ3n) is 15.8. The second kappa shape index (κ2) is 50.1. The number of aldehydes is 1. The van der Waals surface area contributed by atoms with E-state index in [-0.39, 0.29) is 99.9 Å². The highest BCUT2D eigenvalue weighted by Crippen LogP contribution is 2.49. The summed E-state index contributed by atoms with van der Waals surface area (Å²) in [4.78, 5) is 192. The van der Waals surface area contributed by atoms with Crippen LogP contribution in [0, 0.1) is 49.4 Å². The maximum atomic E-state index is 13.0. The van der Waals surface area contributed by atoms with Gasteiger partial charge in [-0.05, 0) is 168 Å². The zero-order valence-corrected chi connectivity index (χ0v) is 75.8. The Kier molecular flexibility index (Phi) is 44.4. The van der Waals surface area contributed by atoms with Crippen LogP contribution in [0.2, 0.25) is 0 Å². The first kappa shape index (κ1) is 110. The molecule has 4 aliphatic rings. The number of carbonyl (C=O) groups is 8. The van der Waals surface area contributed by atoms with Gasteiger partial charge in [-0.25, -0.2) is 29.1 Å². The van der Waals surface area contributed by atoms with Crippen molar-refractivity contribution in [3.05, 3.63) is 160 Å². The lowest BCUT2D eigenvalue weighted by Crippen LogP contribution is -2.29. The van der Waals surface area contributed by atoms with Crippen molar-refractivity contribution in [3.63, 3.8) is 0 Å². The zero-order valence-electron chi connectivity index (χ0n) is 71.4. The number of aromatic amines is 2. The largest absolute Gasteiger partial charge is 0.480 e. The van der Waals surface area contributed by atoms with Crippen LogP contribution in [0.1, 0.15) is 116 Å². The number of hydrogen-bond acceptors (Lipinski definition) is 32. The Hall–Kier alpha value is -10.2. The Balaban J connectivity index is 0.000000521. The van der Waals surface area contributed by atoms with E-state index in [1.807, 2.05) is 93.3 Å². The molecule has 124 heavy (non-hydrogen) atoms. The lowest BCUT2D eigenvalue weighted by molar-refractivity contribution is -0.163. The van der Waals surface area contributed by atoms with E-state index in [1.54, 1.807) is 107 Å². The first-order valence-electron chi connectivity index (χ1n) is 37.3. The predicted molar refractivity (Wildman–Crippen MR) is 454 cm³/mol. The smallest absolute Gasteiger partial charge is 0.407 e. The number of carboxylic acid groups (broad SMARTS) is 1. The zero-order chi connectivity index (χ0) is 93.2. The van der Waals surface area contributed by atoms with E-state index in [0.717, 1.165) is 33.4 Å². The van der Waals surface area contributed by atoms with Gasteiger partial charge < -0.3 is 89.1 Å². The highest BCUT2D eigenvalue weighted by Gasteiger charge is 2.33. The average Bonchev–Trinajstić information content (AvgIpc) is 0.760. The normalized spacial score (nSPS) is 11.6. The number of hydrogen-bond donors (Lipinski definition) is 11. The highest BCUT2D eigenvalue weighted by molar-refractivity contribution is 7.54. The number of aromatic nitrogens is 8. The van der Waals surface area contributed by atoms with Gasteiger partial charge in [-0.1, -0.05) is 60.7 Å². The van der Waals surface area contributed by atoms with Gasteiger partial charge in [0.1, 0.15) is 26.0 Å². The Labute approximate surface area is 718 Å². The summed E-state index contributed by atoms with van der Waals surface area (Å²) in [5, 5.41) is 13.8. The number of carboxylic acids is 1. The van der Waals surface area contributed by atoms with E-state index in [2.05, 4.69) is 35.6 Å². The van der Waals surface area contributed by atoms with Crippen molar-refractivity contribution in [2.24, 2.45) is 33.1 Å². The van der Waals surface area contributed by atoms with E-state index >= 15 is 0 Å². The number of carbonyl (C=O) groups excluding carboxylic acids is 7. The molecular formula is C76H109ClN12O31P4. The van der Waals surface area contributed by atoms with E-state index < -0.39 is 156 Å². The van der Waals surface area contributed by atoms with Gasteiger partial charge in [-0.2, -0.15) is 9.97 Å². The summed E-state index contributed by atoms with van der Waals surface area (Å²) in [5.74, 6) is -3.15. The van der Waals surface area contributed by atoms with Crippen molar-refractivity contribution in [3.8, 4) is 23.0 Å². The Morgan fingerprint density at radius 3 is 1.08 bits per heavy atom. The molecule has 0 aliphatic carbocycles. The molecule has 686 valence electrons. The Morgan fingerprint density at radius 2 is 0.774 bits per heavy atom. The van der Waals surface area contributed by atoms with Crippen molar-refractivity contribution in [1.82, 2.24) is 49.7 Å². The molecule has 4 aromatic carbocycles. The van der Waals surface area contributed by atoms with Gasteiger partial charge in [0.2, 0.25) is 27.2 Å². The molecule has 8 rings (SSSR count). The van der Waals surface area contributed by atoms with Crippen molar-refractivity contribution >= 4 is 113 Å². The van der Waals surface area contributed by atoms with Crippen LogP contribution in [-0.2, 0) is 120 Å². The number of benzene rings is 4. The number of aryl methyl sites for hydroxylation is 4. The summed E-state index contributed by atoms with van der Waals surface area (Å²) < 4.78 is 98.6. The summed E-state index contributed by atoms with van der Waals surface area (Å²) in [7, 11) is -15.4. The number of nitrogens with one attached hydrogen (secondary N) is 4. The minimum absolute atomic E-state index is 0. The topological polar surface area (TPSA) is 636 Å². The first-order chi connectivity index (χ1) is 56.9.